The molecule has 0 saturated heterocycles. The van der Waals surface area contributed by atoms with E-state index in [1.165, 1.54) is 13.0 Å². The maximum absolute atomic E-state index is 12.6. The highest BCUT2D eigenvalue weighted by atomic mass is 19.4. The van der Waals surface area contributed by atoms with E-state index in [-0.39, 0.29) is 11.6 Å². The number of aromatic nitrogens is 4. The normalized spacial score (nSPS) is 13.2. The lowest BCUT2D eigenvalue weighted by atomic mass is 10.2. The summed E-state index contributed by atoms with van der Waals surface area (Å²) >= 11 is 0. The lowest BCUT2D eigenvalue weighted by Gasteiger charge is -2.17. The molecule has 0 aromatic carbocycles. The van der Waals surface area contributed by atoms with Crippen LogP contribution in [0.5, 0.6) is 0 Å². The number of nitrogens with one attached hydrogen (secondary N) is 1. The summed E-state index contributed by atoms with van der Waals surface area (Å²) in [5.41, 5.74) is -0.900. The molecule has 0 aliphatic carbocycles. The second kappa shape index (κ2) is 6.33. The number of anilines is 1. The highest BCUT2D eigenvalue weighted by Gasteiger charge is 2.35. The molecule has 0 spiro atoms. The van der Waals surface area contributed by atoms with Crippen molar-refractivity contribution in [1.82, 2.24) is 19.7 Å². The molecule has 22 heavy (non-hydrogen) atoms. The maximum atomic E-state index is 12.6. The molecule has 1 atom stereocenters. The average molecular weight is 313 g/mol. The van der Waals surface area contributed by atoms with Crippen LogP contribution in [-0.2, 0) is 19.1 Å². The first-order valence-corrected chi connectivity index (χ1v) is 6.99. The minimum atomic E-state index is -4.48. The number of nitrogens with zero attached hydrogens (tertiary/aromatic N) is 4. The smallest absolute Gasteiger partial charge is 0.364 e. The van der Waals surface area contributed by atoms with Crippen molar-refractivity contribution in [2.24, 2.45) is 0 Å². The quantitative estimate of drug-likeness (QED) is 0.922. The number of rotatable bonds is 5. The molecule has 0 amide bonds. The number of hydrogen-bond acceptors (Lipinski definition) is 4. The predicted molar refractivity (Wildman–Crippen MR) is 76.5 cm³/mol. The van der Waals surface area contributed by atoms with Crippen LogP contribution in [0.3, 0.4) is 0 Å². The zero-order chi connectivity index (χ0) is 16.3. The van der Waals surface area contributed by atoms with Gasteiger partial charge in [0.25, 0.3) is 0 Å². The van der Waals surface area contributed by atoms with E-state index >= 15 is 0 Å². The van der Waals surface area contributed by atoms with Gasteiger partial charge in [-0.05, 0) is 25.5 Å². The van der Waals surface area contributed by atoms with Crippen molar-refractivity contribution in [3.05, 3.63) is 35.5 Å². The molecule has 2 aromatic heterocycles. The van der Waals surface area contributed by atoms with E-state index in [2.05, 4.69) is 20.5 Å². The third kappa shape index (κ3) is 3.75. The Hall–Kier alpha value is -2.12. The van der Waals surface area contributed by atoms with Crippen LogP contribution < -0.4 is 5.32 Å². The summed E-state index contributed by atoms with van der Waals surface area (Å²) in [6.45, 7) is 5.96. The van der Waals surface area contributed by atoms with Crippen molar-refractivity contribution < 1.29 is 13.2 Å². The van der Waals surface area contributed by atoms with E-state index in [4.69, 9.17) is 0 Å². The number of aryl methyl sites for hydroxylation is 2. The first-order chi connectivity index (χ1) is 10.3. The largest absolute Gasteiger partial charge is 0.435 e. The fourth-order valence-corrected chi connectivity index (χ4v) is 2.25. The van der Waals surface area contributed by atoms with E-state index in [0.29, 0.717) is 12.4 Å². The van der Waals surface area contributed by atoms with Gasteiger partial charge in [0.2, 0.25) is 0 Å². The molecule has 8 heteroatoms. The summed E-state index contributed by atoms with van der Waals surface area (Å²) in [6, 6.07) is 1.34. The number of imidazole rings is 1. The Morgan fingerprint density at radius 2 is 2.05 bits per heavy atom. The molecule has 2 rings (SSSR count). The first-order valence-electron chi connectivity index (χ1n) is 6.99. The summed E-state index contributed by atoms with van der Waals surface area (Å²) < 4.78 is 39.9. The molecule has 1 unspecified atom stereocenters. The van der Waals surface area contributed by atoms with E-state index in [9.17, 15) is 13.2 Å². The predicted octanol–water partition coefficient (Wildman–Crippen LogP) is 3.06. The van der Waals surface area contributed by atoms with Gasteiger partial charge in [0.05, 0.1) is 0 Å². The van der Waals surface area contributed by atoms with E-state index in [0.717, 1.165) is 12.2 Å². The molecule has 0 fully saturated rings. The van der Waals surface area contributed by atoms with Crippen LogP contribution in [0.4, 0.5) is 19.0 Å². The van der Waals surface area contributed by atoms with Gasteiger partial charge in [-0.25, -0.2) is 4.98 Å². The van der Waals surface area contributed by atoms with Gasteiger partial charge in [-0.3, -0.25) is 0 Å². The van der Waals surface area contributed by atoms with E-state index in [1.807, 2.05) is 24.6 Å². The summed E-state index contributed by atoms with van der Waals surface area (Å²) in [4.78, 5) is 4.23. The van der Waals surface area contributed by atoms with Gasteiger partial charge in [0, 0.05) is 31.4 Å². The number of hydrogen-bond donors (Lipinski definition) is 1. The third-order valence-corrected chi connectivity index (χ3v) is 3.24. The minimum absolute atomic E-state index is 0.0232. The topological polar surface area (TPSA) is 55.6 Å². The van der Waals surface area contributed by atoms with Crippen molar-refractivity contribution in [1.29, 1.82) is 0 Å². The SMILES string of the molecule is CCc1nccn1CC(C)Nc1cc(C)c(C(F)(F)F)nn1. The highest BCUT2D eigenvalue weighted by Crippen LogP contribution is 2.30. The molecule has 2 aromatic rings. The molecule has 0 aliphatic rings. The summed E-state index contributed by atoms with van der Waals surface area (Å²) in [5.74, 6) is 1.29. The van der Waals surface area contributed by atoms with Crippen LogP contribution in [0.2, 0.25) is 0 Å². The zero-order valence-electron chi connectivity index (χ0n) is 12.6. The van der Waals surface area contributed by atoms with Crippen LogP contribution in [0.15, 0.2) is 18.5 Å². The Morgan fingerprint density at radius 1 is 1.32 bits per heavy atom. The van der Waals surface area contributed by atoms with Crippen molar-refractivity contribution in [3.63, 3.8) is 0 Å². The van der Waals surface area contributed by atoms with Crippen LogP contribution >= 0.6 is 0 Å². The summed E-state index contributed by atoms with van der Waals surface area (Å²) in [6.07, 6.45) is -0.0543. The van der Waals surface area contributed by atoms with E-state index in [1.54, 1.807) is 6.20 Å². The van der Waals surface area contributed by atoms with E-state index < -0.39 is 11.9 Å². The molecule has 5 nitrogen and oxygen atoms in total. The average Bonchev–Trinajstić information content (AvgIpc) is 2.84. The van der Waals surface area contributed by atoms with Gasteiger partial charge in [-0.1, -0.05) is 6.92 Å². The fourth-order valence-electron chi connectivity index (χ4n) is 2.25. The molecule has 120 valence electrons. The second-order valence-electron chi connectivity index (χ2n) is 5.15. The standard InChI is InChI=1S/C14H18F3N5/c1-4-12-18-5-6-22(12)8-10(3)19-11-7-9(2)13(21-20-11)14(15,16)17/h5-7,10H,4,8H2,1-3H3,(H,19,20). The molecule has 0 saturated carbocycles. The molecule has 0 radical (unpaired) electrons. The molecule has 2 heterocycles. The summed E-state index contributed by atoms with van der Waals surface area (Å²) in [7, 11) is 0. The number of alkyl halides is 3. The van der Waals surface area contributed by atoms with Crippen LogP contribution in [0.25, 0.3) is 0 Å². The van der Waals surface area contributed by atoms with Gasteiger partial charge in [0.1, 0.15) is 11.6 Å². The van der Waals surface area contributed by atoms with Crippen LogP contribution in [0, 0.1) is 6.92 Å². The molecule has 0 aliphatic heterocycles. The third-order valence-electron chi connectivity index (χ3n) is 3.24. The van der Waals surface area contributed by atoms with Gasteiger partial charge in [0.15, 0.2) is 5.69 Å². The Morgan fingerprint density at radius 3 is 2.64 bits per heavy atom. The Labute approximate surface area is 126 Å². The fraction of sp³-hybridized carbons (Fsp3) is 0.500. The summed E-state index contributed by atoms with van der Waals surface area (Å²) in [5, 5.41) is 9.95. The van der Waals surface area contributed by atoms with Crippen LogP contribution in [0.1, 0.15) is 30.9 Å². The first kappa shape index (κ1) is 16.3. The molecule has 0 bridgehead atoms. The zero-order valence-corrected chi connectivity index (χ0v) is 12.6. The second-order valence-corrected chi connectivity index (χ2v) is 5.15. The highest BCUT2D eigenvalue weighted by molar-refractivity contribution is 5.39. The van der Waals surface area contributed by atoms with Crippen molar-refractivity contribution in [3.8, 4) is 0 Å². The van der Waals surface area contributed by atoms with Gasteiger partial charge >= 0.3 is 6.18 Å². The van der Waals surface area contributed by atoms with Crippen molar-refractivity contribution in [2.75, 3.05) is 5.32 Å². The molecule has 1 N–H and O–H groups in total. The Bertz CT molecular complexity index is 636. The van der Waals surface area contributed by atoms with Gasteiger partial charge < -0.3 is 9.88 Å². The lowest BCUT2D eigenvalue weighted by Crippen LogP contribution is -2.24. The number of halogens is 3. The van der Waals surface area contributed by atoms with Crippen molar-refractivity contribution in [2.45, 2.75) is 46.0 Å². The van der Waals surface area contributed by atoms with Crippen molar-refractivity contribution >= 4 is 5.82 Å². The monoisotopic (exact) mass is 313 g/mol. The molecular formula is C14H18F3N5. The Kier molecular flexibility index (Phi) is 4.68. The lowest BCUT2D eigenvalue weighted by molar-refractivity contribution is -0.142. The molecular weight excluding hydrogens is 295 g/mol. The van der Waals surface area contributed by atoms with Crippen LogP contribution in [-0.4, -0.2) is 25.8 Å². The maximum Gasteiger partial charge on any atom is 0.435 e. The minimum Gasteiger partial charge on any atom is -0.364 e. The van der Waals surface area contributed by atoms with Gasteiger partial charge in [-0.15, -0.1) is 10.2 Å². The Balaban J connectivity index is 2.06. The van der Waals surface area contributed by atoms with Gasteiger partial charge in [-0.2, -0.15) is 13.2 Å².